The first-order valence-corrected chi connectivity index (χ1v) is 5.50. The first-order valence-electron chi connectivity index (χ1n) is 5.50. The number of hydrogen-bond acceptors (Lipinski definition) is 3. The number of carbonyl (C=O) groups excluding carboxylic acids is 1. The largest absolute Gasteiger partial charge is 0.460 e. The topological polar surface area (TPSA) is 40.0 Å². The molecule has 1 rings (SSSR count). The van der Waals surface area contributed by atoms with Crippen LogP contribution in [0.25, 0.3) is 0 Å². The Bertz CT molecular complexity index is 200. The molecular formula is C11H20NO3+. The highest BCUT2D eigenvalue weighted by molar-refractivity contribution is 5.69. The van der Waals surface area contributed by atoms with Gasteiger partial charge in [0.1, 0.15) is 26.2 Å². The fourth-order valence-electron chi connectivity index (χ4n) is 1.51. The van der Waals surface area contributed by atoms with Gasteiger partial charge in [0.15, 0.2) is 0 Å². The van der Waals surface area contributed by atoms with Crippen LogP contribution in [-0.4, -0.2) is 45.4 Å². The number of quaternary nitrogens is 1. The Morgan fingerprint density at radius 3 is 2.87 bits per heavy atom. The van der Waals surface area contributed by atoms with Crippen LogP contribution in [0.1, 0.15) is 12.8 Å². The van der Waals surface area contributed by atoms with Gasteiger partial charge < -0.3 is 14.4 Å². The molecule has 0 atom stereocenters. The summed E-state index contributed by atoms with van der Waals surface area (Å²) in [5, 5.41) is 0. The summed E-state index contributed by atoms with van der Waals surface area (Å²) in [5.41, 5.74) is 0. The molecule has 0 amide bonds. The molecule has 0 aliphatic carbocycles. The Morgan fingerprint density at radius 2 is 2.20 bits per heavy atom. The molecule has 1 N–H and O–H groups in total. The van der Waals surface area contributed by atoms with E-state index in [1.807, 2.05) is 0 Å². The van der Waals surface area contributed by atoms with Crippen molar-refractivity contribution in [2.75, 3.05) is 39.5 Å². The first-order chi connectivity index (χ1) is 7.33. The lowest BCUT2D eigenvalue weighted by Crippen LogP contribution is -3.14. The second-order valence-electron chi connectivity index (χ2n) is 3.66. The SMILES string of the molecule is C=CCCC(=O)OCC[NH+]1CCOCC1. The van der Waals surface area contributed by atoms with Crippen molar-refractivity contribution in [2.24, 2.45) is 0 Å². The second kappa shape index (κ2) is 7.43. The number of allylic oxidation sites excluding steroid dienone is 1. The molecule has 0 saturated carbocycles. The monoisotopic (exact) mass is 214 g/mol. The molecule has 0 unspecified atom stereocenters. The van der Waals surface area contributed by atoms with E-state index in [2.05, 4.69) is 6.58 Å². The zero-order chi connectivity index (χ0) is 10.9. The molecule has 0 aromatic heterocycles. The fraction of sp³-hybridized carbons (Fsp3) is 0.727. The van der Waals surface area contributed by atoms with Crippen molar-refractivity contribution >= 4 is 5.97 Å². The molecule has 1 aliphatic rings. The van der Waals surface area contributed by atoms with Crippen molar-refractivity contribution < 1.29 is 19.2 Å². The van der Waals surface area contributed by atoms with Gasteiger partial charge in [-0.05, 0) is 6.42 Å². The molecule has 4 nitrogen and oxygen atoms in total. The minimum Gasteiger partial charge on any atom is -0.460 e. The van der Waals surface area contributed by atoms with E-state index in [1.54, 1.807) is 6.08 Å². The maximum atomic E-state index is 11.1. The fourth-order valence-corrected chi connectivity index (χ4v) is 1.51. The van der Waals surface area contributed by atoms with Gasteiger partial charge in [0, 0.05) is 6.42 Å². The molecule has 1 aliphatic heterocycles. The van der Waals surface area contributed by atoms with Crippen LogP contribution in [0.3, 0.4) is 0 Å². The van der Waals surface area contributed by atoms with Crippen LogP contribution < -0.4 is 4.90 Å². The molecule has 0 bridgehead atoms. The first kappa shape index (κ1) is 12.2. The summed E-state index contributed by atoms with van der Waals surface area (Å²) in [7, 11) is 0. The third kappa shape index (κ3) is 5.54. The number of ether oxygens (including phenoxy) is 2. The van der Waals surface area contributed by atoms with Gasteiger partial charge in [0.05, 0.1) is 13.2 Å². The smallest absolute Gasteiger partial charge is 0.306 e. The third-order valence-electron chi connectivity index (χ3n) is 2.47. The average molecular weight is 214 g/mol. The summed E-state index contributed by atoms with van der Waals surface area (Å²) in [4.78, 5) is 12.6. The van der Waals surface area contributed by atoms with Crippen LogP contribution in [0.4, 0.5) is 0 Å². The normalized spacial score (nSPS) is 17.3. The number of morpholine rings is 1. The summed E-state index contributed by atoms with van der Waals surface area (Å²) < 4.78 is 10.3. The molecule has 1 fully saturated rings. The maximum Gasteiger partial charge on any atom is 0.306 e. The van der Waals surface area contributed by atoms with Crippen LogP contribution >= 0.6 is 0 Å². The number of esters is 1. The molecule has 15 heavy (non-hydrogen) atoms. The summed E-state index contributed by atoms with van der Waals surface area (Å²) in [6.45, 7) is 8.65. The highest BCUT2D eigenvalue weighted by atomic mass is 16.5. The number of nitrogens with one attached hydrogen (secondary N) is 1. The van der Waals surface area contributed by atoms with Gasteiger partial charge in [-0.2, -0.15) is 0 Å². The van der Waals surface area contributed by atoms with Crippen molar-refractivity contribution in [1.29, 1.82) is 0 Å². The van der Waals surface area contributed by atoms with Gasteiger partial charge in [-0.25, -0.2) is 0 Å². The Balaban J connectivity index is 1.99. The summed E-state index contributed by atoms with van der Waals surface area (Å²) >= 11 is 0. The lowest BCUT2D eigenvalue weighted by atomic mass is 10.3. The van der Waals surface area contributed by atoms with E-state index < -0.39 is 0 Å². The standard InChI is InChI=1S/C11H19NO3/c1-2-3-4-11(13)15-10-7-12-5-8-14-9-6-12/h2H,1,3-10H2/p+1. The van der Waals surface area contributed by atoms with Gasteiger partial charge in [-0.3, -0.25) is 4.79 Å². The van der Waals surface area contributed by atoms with E-state index >= 15 is 0 Å². The minimum absolute atomic E-state index is 0.123. The zero-order valence-corrected chi connectivity index (χ0v) is 9.17. The molecule has 4 heteroatoms. The van der Waals surface area contributed by atoms with Crippen LogP contribution in [0.5, 0.6) is 0 Å². The highest BCUT2D eigenvalue weighted by Crippen LogP contribution is 1.92. The minimum atomic E-state index is -0.123. The lowest BCUT2D eigenvalue weighted by Gasteiger charge is -2.23. The van der Waals surface area contributed by atoms with Crippen molar-refractivity contribution in [3.63, 3.8) is 0 Å². The highest BCUT2D eigenvalue weighted by Gasteiger charge is 2.13. The Hall–Kier alpha value is -0.870. The predicted molar refractivity (Wildman–Crippen MR) is 56.8 cm³/mol. The summed E-state index contributed by atoms with van der Waals surface area (Å²) in [6.07, 6.45) is 2.87. The predicted octanol–water partition coefficient (Wildman–Crippen LogP) is -0.589. The van der Waals surface area contributed by atoms with Gasteiger partial charge in [0.25, 0.3) is 0 Å². The number of hydrogen-bond donors (Lipinski definition) is 1. The van der Waals surface area contributed by atoms with Crippen LogP contribution in [-0.2, 0) is 14.3 Å². The van der Waals surface area contributed by atoms with E-state index in [1.165, 1.54) is 4.90 Å². The van der Waals surface area contributed by atoms with Crippen molar-refractivity contribution in [1.82, 2.24) is 0 Å². The Labute approximate surface area is 90.8 Å². The molecule has 86 valence electrons. The Morgan fingerprint density at radius 1 is 1.47 bits per heavy atom. The summed E-state index contributed by atoms with van der Waals surface area (Å²) in [6, 6.07) is 0. The van der Waals surface area contributed by atoms with Crippen LogP contribution in [0.2, 0.25) is 0 Å². The summed E-state index contributed by atoms with van der Waals surface area (Å²) in [5.74, 6) is -0.123. The van der Waals surface area contributed by atoms with Crippen LogP contribution in [0, 0.1) is 0 Å². The second-order valence-corrected chi connectivity index (χ2v) is 3.66. The quantitative estimate of drug-likeness (QED) is 0.474. The molecule has 0 aromatic rings. The maximum absolute atomic E-state index is 11.1. The van der Waals surface area contributed by atoms with E-state index in [4.69, 9.17) is 9.47 Å². The van der Waals surface area contributed by atoms with Gasteiger partial charge in [-0.1, -0.05) is 6.08 Å². The molecule has 0 aromatic carbocycles. The van der Waals surface area contributed by atoms with Gasteiger partial charge in [-0.15, -0.1) is 6.58 Å². The van der Waals surface area contributed by atoms with Gasteiger partial charge in [0.2, 0.25) is 0 Å². The average Bonchev–Trinajstić information content (AvgIpc) is 2.28. The molecule has 0 spiro atoms. The molecule has 1 heterocycles. The van der Waals surface area contributed by atoms with E-state index in [9.17, 15) is 4.79 Å². The van der Waals surface area contributed by atoms with E-state index in [-0.39, 0.29) is 5.97 Å². The van der Waals surface area contributed by atoms with E-state index in [0.29, 0.717) is 19.4 Å². The van der Waals surface area contributed by atoms with Crippen LogP contribution in [0.15, 0.2) is 12.7 Å². The zero-order valence-electron chi connectivity index (χ0n) is 9.17. The van der Waals surface area contributed by atoms with Crippen molar-refractivity contribution in [2.45, 2.75) is 12.8 Å². The number of carbonyl (C=O) groups is 1. The number of rotatable bonds is 6. The van der Waals surface area contributed by atoms with Crippen molar-refractivity contribution in [3.05, 3.63) is 12.7 Å². The lowest BCUT2D eigenvalue weighted by molar-refractivity contribution is -0.908. The van der Waals surface area contributed by atoms with Gasteiger partial charge >= 0.3 is 5.97 Å². The van der Waals surface area contributed by atoms with E-state index in [0.717, 1.165) is 32.8 Å². The molecule has 1 saturated heterocycles. The Kier molecular flexibility index (Phi) is 6.04. The molecular weight excluding hydrogens is 194 g/mol. The van der Waals surface area contributed by atoms with Crippen molar-refractivity contribution in [3.8, 4) is 0 Å². The molecule has 0 radical (unpaired) electrons. The third-order valence-corrected chi connectivity index (χ3v) is 2.47.